The third-order valence-corrected chi connectivity index (χ3v) is 18.6. The number of aryl methyl sites for hydroxylation is 1. The minimum atomic E-state index is -3.69. The lowest BCUT2D eigenvalue weighted by molar-refractivity contribution is -0.135. The Labute approximate surface area is 465 Å². The first kappa shape index (κ1) is 55.6. The molecule has 0 N–H and O–H groups in total. The molecule has 1 aliphatic carbocycles. The highest BCUT2D eigenvalue weighted by atomic mass is 28.4. The van der Waals surface area contributed by atoms with Gasteiger partial charge in [-0.25, -0.2) is 0 Å². The number of hydrogen-bond donors (Lipinski definition) is 0. The van der Waals surface area contributed by atoms with Crippen LogP contribution in [0.4, 0.5) is 11.4 Å². The second-order valence-corrected chi connectivity index (χ2v) is 26.2. The largest absolute Gasteiger partial charge is 0.681 e. The molecule has 0 spiro atoms. The Hall–Kier alpha value is -5.70. The molecule has 78 heavy (non-hydrogen) atoms. The fourth-order valence-corrected chi connectivity index (χ4v) is 14.9. The molecule has 0 saturated carbocycles. The molecule has 0 radical (unpaired) electrons. The highest BCUT2D eigenvalue weighted by molar-refractivity contribution is 6.54. The predicted molar refractivity (Wildman–Crippen MR) is 317 cm³/mol. The summed E-state index contributed by atoms with van der Waals surface area (Å²) in [6, 6.07) is 37.9. The zero-order chi connectivity index (χ0) is 55.3. The zero-order valence-electron chi connectivity index (χ0n) is 48.5. The van der Waals surface area contributed by atoms with Crippen molar-refractivity contribution >= 4 is 37.3 Å². The van der Waals surface area contributed by atoms with E-state index in [1.54, 1.807) is 7.11 Å². The topological polar surface area (TPSA) is 89.6 Å². The second-order valence-electron chi connectivity index (χ2n) is 24.3. The van der Waals surface area contributed by atoms with Crippen LogP contribution in [-0.2, 0) is 38.2 Å². The van der Waals surface area contributed by atoms with Crippen molar-refractivity contribution in [2.24, 2.45) is 0 Å². The number of fused-ring (bicyclic) bond motifs is 8. The molecule has 11 nitrogen and oxygen atoms in total. The fraction of sp³-hybridized carbons (Fsp3) is 0.455. The van der Waals surface area contributed by atoms with E-state index in [0.717, 1.165) is 89.4 Å². The number of hydrogen-bond acceptors (Lipinski definition) is 11. The maximum atomic E-state index is 7.97. The molecule has 0 bridgehead atoms. The lowest BCUT2D eigenvalue weighted by atomic mass is 9.70. The van der Waals surface area contributed by atoms with Crippen LogP contribution in [0.1, 0.15) is 122 Å². The molecule has 3 heterocycles. The minimum Gasteiger partial charge on any atom is -0.495 e. The van der Waals surface area contributed by atoms with Gasteiger partial charge in [-0.3, -0.25) is 0 Å². The summed E-state index contributed by atoms with van der Waals surface area (Å²) >= 11 is 0. The molecule has 3 aliphatic heterocycles. The van der Waals surface area contributed by atoms with Gasteiger partial charge in [-0.05, 0) is 169 Å². The van der Waals surface area contributed by atoms with Crippen LogP contribution in [0.25, 0.3) is 39.1 Å². The summed E-state index contributed by atoms with van der Waals surface area (Å²) in [6.45, 7) is 31.2. The summed E-state index contributed by atoms with van der Waals surface area (Å²) < 4.78 is 58.7. The number of ether oxygens (including phenoxy) is 5. The summed E-state index contributed by atoms with van der Waals surface area (Å²) in [5.74, 6) is 2.34. The average molecular weight is 1080 g/mol. The van der Waals surface area contributed by atoms with Crippen molar-refractivity contribution in [2.45, 2.75) is 124 Å². The van der Waals surface area contributed by atoms with Crippen molar-refractivity contribution in [3.8, 4) is 39.5 Å². The molecule has 2 fully saturated rings. The van der Waals surface area contributed by atoms with Gasteiger partial charge in [-0.2, -0.15) is 0 Å². The molecular formula is C66H82N2O9Si. The summed E-state index contributed by atoms with van der Waals surface area (Å²) in [5, 5.41) is 2.16. The molecule has 4 aliphatic rings. The molecule has 10 rings (SSSR count). The lowest BCUT2D eigenvalue weighted by Gasteiger charge is -2.41. The quantitative estimate of drug-likeness (QED) is 0.0686. The Kier molecular flexibility index (Phi) is 15.5. The van der Waals surface area contributed by atoms with Gasteiger partial charge in [0.2, 0.25) is 0 Å². The van der Waals surface area contributed by atoms with Gasteiger partial charge < -0.3 is 51.2 Å². The SMILES string of the molecule is CCC1(CC)c2cc(-c3ccc(C)cc3)ccc2-c2c1c1c(c3cc(OC)c(N4CCOCC4)cc23)OC(c2ccc(OCCO[Si](OC(C)(C)C)(OC(C)(C)C)OC(C)(C)C)cc2)(c2ccc(N3CCOCC3)cc2)C=C1. The van der Waals surface area contributed by atoms with E-state index in [4.69, 9.17) is 41.4 Å². The second kappa shape index (κ2) is 21.7. The van der Waals surface area contributed by atoms with E-state index in [1.165, 1.54) is 38.9 Å². The molecular weight excluding hydrogens is 993 g/mol. The number of benzene rings is 6. The first-order chi connectivity index (χ1) is 37.2. The van der Waals surface area contributed by atoms with Crippen molar-refractivity contribution in [1.29, 1.82) is 0 Å². The van der Waals surface area contributed by atoms with Crippen LogP contribution in [0.3, 0.4) is 0 Å². The first-order valence-corrected chi connectivity index (χ1v) is 29.9. The average Bonchev–Trinajstić information content (AvgIpc) is 3.97. The molecule has 1 atom stereocenters. The van der Waals surface area contributed by atoms with Gasteiger partial charge in [0, 0.05) is 59.4 Å². The summed E-state index contributed by atoms with van der Waals surface area (Å²) in [6.07, 6.45) is 6.48. The number of anilines is 2. The molecule has 6 aromatic rings. The molecule has 414 valence electrons. The monoisotopic (exact) mass is 1070 g/mol. The number of rotatable bonds is 16. The molecule has 2 saturated heterocycles. The maximum absolute atomic E-state index is 7.97. The third-order valence-electron chi connectivity index (χ3n) is 15.5. The van der Waals surface area contributed by atoms with E-state index in [2.05, 4.69) is 134 Å². The van der Waals surface area contributed by atoms with Crippen LogP contribution in [0.2, 0.25) is 0 Å². The fourth-order valence-electron chi connectivity index (χ4n) is 12.0. The van der Waals surface area contributed by atoms with Crippen molar-refractivity contribution < 1.29 is 41.4 Å². The van der Waals surface area contributed by atoms with Crippen LogP contribution >= 0.6 is 0 Å². The van der Waals surface area contributed by atoms with Crippen LogP contribution in [-0.4, -0.2) is 98.8 Å². The molecule has 1 unspecified atom stereocenters. The van der Waals surface area contributed by atoms with Crippen molar-refractivity contribution in [1.82, 2.24) is 0 Å². The van der Waals surface area contributed by atoms with E-state index in [1.807, 2.05) is 74.4 Å². The van der Waals surface area contributed by atoms with Crippen LogP contribution in [0.5, 0.6) is 17.2 Å². The summed E-state index contributed by atoms with van der Waals surface area (Å²) in [4.78, 5) is 4.80. The van der Waals surface area contributed by atoms with E-state index in [9.17, 15) is 0 Å². The standard InChI is InChI=1S/C66H82N2O9Si/c1-14-65(15-2)56-42-47(46-18-16-45(3)17-19-46)20-29-52(56)59-54-43-57(68-34-38-71-39-35-68)58(69-13)44-55(54)61-53(60(59)65)30-31-66(74-61,48-21-25-50(26-22-48)67-32-36-70-37-33-67)49-23-27-51(28-24-49)72-40-41-73-78(75-62(4,5)6,76-63(7,8)9)77-64(10,11)12/h16-31,42-44H,14-15,32-41H2,1-13H3. The minimum absolute atomic E-state index is 0.195. The van der Waals surface area contributed by atoms with Crippen LogP contribution in [0, 0.1) is 6.92 Å². The van der Waals surface area contributed by atoms with E-state index < -0.39 is 31.5 Å². The summed E-state index contributed by atoms with van der Waals surface area (Å²) in [5.41, 5.74) is 11.2. The van der Waals surface area contributed by atoms with Gasteiger partial charge in [-0.15, -0.1) is 0 Å². The highest BCUT2D eigenvalue weighted by Crippen LogP contribution is 2.62. The number of nitrogens with zero attached hydrogens (tertiary/aromatic N) is 2. The van der Waals surface area contributed by atoms with Gasteiger partial charge in [0.05, 0.1) is 62.6 Å². The Morgan fingerprint density at radius 2 is 1.18 bits per heavy atom. The third kappa shape index (κ3) is 11.1. The van der Waals surface area contributed by atoms with Gasteiger partial charge >= 0.3 is 9.05 Å². The van der Waals surface area contributed by atoms with Crippen molar-refractivity contribution in [3.05, 3.63) is 143 Å². The zero-order valence-corrected chi connectivity index (χ0v) is 49.5. The van der Waals surface area contributed by atoms with Crippen molar-refractivity contribution in [2.75, 3.05) is 82.7 Å². The van der Waals surface area contributed by atoms with Gasteiger partial charge in [-0.1, -0.05) is 86.2 Å². The smallest absolute Gasteiger partial charge is 0.495 e. The van der Waals surface area contributed by atoms with Gasteiger partial charge in [0.25, 0.3) is 0 Å². The molecule has 0 amide bonds. The van der Waals surface area contributed by atoms with E-state index in [0.29, 0.717) is 32.2 Å². The highest BCUT2D eigenvalue weighted by Gasteiger charge is 2.54. The van der Waals surface area contributed by atoms with E-state index in [-0.39, 0.29) is 18.6 Å². The Bertz CT molecular complexity index is 3080. The molecule has 0 aromatic heterocycles. The lowest BCUT2D eigenvalue weighted by Crippen LogP contribution is -2.59. The first-order valence-electron chi connectivity index (χ1n) is 28.2. The Balaban J connectivity index is 1.09. The van der Waals surface area contributed by atoms with Crippen molar-refractivity contribution in [3.63, 3.8) is 0 Å². The predicted octanol–water partition coefficient (Wildman–Crippen LogP) is 14.2. The number of morpholine rings is 2. The maximum Gasteiger partial charge on any atom is 0.681 e. The normalized spacial score (nSPS) is 18.4. The van der Waals surface area contributed by atoms with Crippen LogP contribution < -0.4 is 24.0 Å². The Morgan fingerprint density at radius 1 is 0.615 bits per heavy atom. The number of methoxy groups -OCH3 is 1. The Morgan fingerprint density at radius 3 is 1.74 bits per heavy atom. The molecule has 6 aromatic carbocycles. The summed E-state index contributed by atoms with van der Waals surface area (Å²) in [7, 11) is -1.91. The molecule has 12 heteroatoms. The van der Waals surface area contributed by atoms with Gasteiger partial charge in [0.1, 0.15) is 23.9 Å². The van der Waals surface area contributed by atoms with Gasteiger partial charge in [0.15, 0.2) is 5.60 Å². The van der Waals surface area contributed by atoms with E-state index >= 15 is 0 Å². The van der Waals surface area contributed by atoms with Crippen LogP contribution in [0.15, 0.2) is 109 Å².